The lowest BCUT2D eigenvalue weighted by atomic mass is 10.1. The number of ether oxygens (including phenoxy) is 1. The predicted molar refractivity (Wildman–Crippen MR) is 99.0 cm³/mol. The second-order valence-corrected chi connectivity index (χ2v) is 6.63. The van der Waals surface area contributed by atoms with E-state index in [1.807, 2.05) is 6.07 Å². The van der Waals surface area contributed by atoms with Crippen molar-refractivity contribution >= 4 is 52.5 Å². The zero-order valence-corrected chi connectivity index (χ0v) is 15.2. The van der Waals surface area contributed by atoms with E-state index in [0.717, 1.165) is 5.56 Å². The van der Waals surface area contributed by atoms with Gasteiger partial charge in [-0.05, 0) is 29.8 Å². The zero-order chi connectivity index (χ0) is 17.5. The molecule has 0 atom stereocenters. The lowest BCUT2D eigenvalue weighted by Gasteiger charge is -2.09. The highest BCUT2D eigenvalue weighted by molar-refractivity contribution is 7.99. The Morgan fingerprint density at radius 1 is 1.12 bits per heavy atom. The maximum absolute atomic E-state index is 12.0. The first kappa shape index (κ1) is 18.6. The van der Waals surface area contributed by atoms with E-state index in [4.69, 9.17) is 23.2 Å². The van der Waals surface area contributed by atoms with Crippen LogP contribution in [0, 0.1) is 0 Å². The summed E-state index contributed by atoms with van der Waals surface area (Å²) in [6, 6.07) is 12.1. The Hall–Kier alpha value is -1.69. The Bertz CT molecular complexity index is 732. The fourth-order valence-corrected chi connectivity index (χ4v) is 3.23. The number of nitrogens with one attached hydrogen (secondary N) is 1. The van der Waals surface area contributed by atoms with Crippen molar-refractivity contribution in [2.45, 2.75) is 5.75 Å². The van der Waals surface area contributed by atoms with Gasteiger partial charge in [0.05, 0.1) is 34.2 Å². The van der Waals surface area contributed by atoms with Crippen LogP contribution >= 0.6 is 35.0 Å². The van der Waals surface area contributed by atoms with Crippen LogP contribution in [0.25, 0.3) is 0 Å². The summed E-state index contributed by atoms with van der Waals surface area (Å²) >= 11 is 13.5. The number of methoxy groups -OCH3 is 1. The number of amides is 1. The number of carbonyl (C=O) groups is 2. The molecule has 4 nitrogen and oxygen atoms in total. The summed E-state index contributed by atoms with van der Waals surface area (Å²) in [5.74, 6) is 0.255. The Morgan fingerprint density at radius 3 is 2.46 bits per heavy atom. The van der Waals surface area contributed by atoms with Gasteiger partial charge in [0.15, 0.2) is 0 Å². The predicted octanol–water partition coefficient (Wildman–Crippen LogP) is 4.65. The molecule has 2 aromatic rings. The first-order chi connectivity index (χ1) is 11.5. The summed E-state index contributed by atoms with van der Waals surface area (Å²) in [4.78, 5) is 23.5. The molecule has 0 saturated heterocycles. The molecular weight excluding hydrogens is 369 g/mol. The highest BCUT2D eigenvalue weighted by Gasteiger charge is 2.10. The number of hydrogen-bond donors (Lipinski definition) is 1. The Balaban J connectivity index is 1.88. The number of benzene rings is 2. The third-order valence-electron chi connectivity index (χ3n) is 3.08. The van der Waals surface area contributed by atoms with Gasteiger partial charge in [-0.1, -0.05) is 41.4 Å². The van der Waals surface area contributed by atoms with Crippen LogP contribution in [0.1, 0.15) is 15.9 Å². The lowest BCUT2D eigenvalue weighted by Crippen LogP contribution is -2.14. The van der Waals surface area contributed by atoms with Crippen LogP contribution in [0.2, 0.25) is 10.0 Å². The van der Waals surface area contributed by atoms with E-state index in [1.54, 1.807) is 36.4 Å². The fraction of sp³-hybridized carbons (Fsp3) is 0.176. The van der Waals surface area contributed by atoms with E-state index in [9.17, 15) is 9.59 Å². The second-order valence-electron chi connectivity index (χ2n) is 4.83. The molecule has 0 spiro atoms. The third kappa shape index (κ3) is 5.16. The SMILES string of the molecule is COC(=O)c1cccc(CSCC(=O)Nc2c(Cl)cccc2Cl)c1. The van der Waals surface area contributed by atoms with Crippen molar-refractivity contribution < 1.29 is 14.3 Å². The highest BCUT2D eigenvalue weighted by atomic mass is 35.5. The van der Waals surface area contributed by atoms with Crippen molar-refractivity contribution in [3.63, 3.8) is 0 Å². The minimum absolute atomic E-state index is 0.195. The van der Waals surface area contributed by atoms with Gasteiger partial charge in [0, 0.05) is 5.75 Å². The van der Waals surface area contributed by atoms with Gasteiger partial charge >= 0.3 is 5.97 Å². The zero-order valence-electron chi connectivity index (χ0n) is 12.8. The van der Waals surface area contributed by atoms with Gasteiger partial charge in [-0.15, -0.1) is 11.8 Å². The molecule has 0 saturated carbocycles. The molecule has 0 aliphatic heterocycles. The molecule has 0 fully saturated rings. The summed E-state index contributed by atoms with van der Waals surface area (Å²) in [5.41, 5.74) is 1.84. The second kappa shape index (κ2) is 8.97. The lowest BCUT2D eigenvalue weighted by molar-refractivity contribution is -0.113. The molecule has 1 N–H and O–H groups in total. The van der Waals surface area contributed by atoms with E-state index < -0.39 is 0 Å². The topological polar surface area (TPSA) is 55.4 Å². The average molecular weight is 384 g/mol. The van der Waals surface area contributed by atoms with Crippen molar-refractivity contribution in [3.8, 4) is 0 Å². The molecule has 126 valence electrons. The van der Waals surface area contributed by atoms with Crippen molar-refractivity contribution in [2.24, 2.45) is 0 Å². The number of para-hydroxylation sites is 1. The fourth-order valence-electron chi connectivity index (χ4n) is 1.96. The molecule has 24 heavy (non-hydrogen) atoms. The van der Waals surface area contributed by atoms with Gasteiger partial charge in [0.25, 0.3) is 0 Å². The quantitative estimate of drug-likeness (QED) is 0.737. The van der Waals surface area contributed by atoms with Gasteiger partial charge in [0.1, 0.15) is 0 Å². The number of thioether (sulfide) groups is 1. The standard InChI is InChI=1S/C17H15Cl2NO3S/c1-23-17(22)12-5-2-4-11(8-12)9-24-10-15(21)20-16-13(18)6-3-7-14(16)19/h2-8H,9-10H2,1H3,(H,20,21). The van der Waals surface area contributed by atoms with E-state index in [0.29, 0.717) is 27.0 Å². The smallest absolute Gasteiger partial charge is 0.337 e. The molecule has 2 rings (SSSR count). The van der Waals surface area contributed by atoms with Crippen LogP contribution in [-0.2, 0) is 15.3 Å². The molecule has 0 aromatic heterocycles. The molecule has 0 heterocycles. The van der Waals surface area contributed by atoms with Crippen LogP contribution in [-0.4, -0.2) is 24.7 Å². The molecule has 0 bridgehead atoms. The van der Waals surface area contributed by atoms with Gasteiger partial charge in [0.2, 0.25) is 5.91 Å². The molecule has 0 aliphatic rings. The maximum atomic E-state index is 12.0. The minimum atomic E-state index is -0.382. The molecule has 0 radical (unpaired) electrons. The molecular formula is C17H15Cl2NO3S. The molecule has 2 aromatic carbocycles. The first-order valence-corrected chi connectivity index (χ1v) is 8.91. The number of carbonyl (C=O) groups excluding carboxylic acids is 2. The van der Waals surface area contributed by atoms with Gasteiger partial charge in [-0.2, -0.15) is 0 Å². The minimum Gasteiger partial charge on any atom is -0.465 e. The molecule has 1 amide bonds. The van der Waals surface area contributed by atoms with Crippen LogP contribution in [0.5, 0.6) is 0 Å². The molecule has 0 unspecified atom stereocenters. The summed E-state index contributed by atoms with van der Waals surface area (Å²) in [6.45, 7) is 0. The number of rotatable bonds is 6. The van der Waals surface area contributed by atoms with Crippen LogP contribution in [0.3, 0.4) is 0 Å². The summed E-state index contributed by atoms with van der Waals surface area (Å²) < 4.78 is 4.69. The van der Waals surface area contributed by atoms with E-state index in [2.05, 4.69) is 10.1 Å². The summed E-state index contributed by atoms with van der Waals surface area (Å²) in [6.07, 6.45) is 0. The Labute approximate surface area is 154 Å². The van der Waals surface area contributed by atoms with Crippen LogP contribution < -0.4 is 5.32 Å². The van der Waals surface area contributed by atoms with Gasteiger partial charge in [-0.3, -0.25) is 4.79 Å². The average Bonchev–Trinajstić information content (AvgIpc) is 2.58. The number of halogens is 2. The van der Waals surface area contributed by atoms with E-state index in [1.165, 1.54) is 18.9 Å². The molecule has 0 aliphatic carbocycles. The largest absolute Gasteiger partial charge is 0.465 e. The van der Waals surface area contributed by atoms with Crippen molar-refractivity contribution in [3.05, 3.63) is 63.6 Å². The van der Waals surface area contributed by atoms with Crippen LogP contribution in [0.15, 0.2) is 42.5 Å². The Morgan fingerprint density at radius 2 is 1.79 bits per heavy atom. The monoisotopic (exact) mass is 383 g/mol. The third-order valence-corrected chi connectivity index (χ3v) is 4.71. The van der Waals surface area contributed by atoms with Gasteiger partial charge < -0.3 is 10.1 Å². The van der Waals surface area contributed by atoms with Crippen molar-refractivity contribution in [1.82, 2.24) is 0 Å². The maximum Gasteiger partial charge on any atom is 0.337 e. The van der Waals surface area contributed by atoms with Gasteiger partial charge in [-0.25, -0.2) is 4.79 Å². The normalized spacial score (nSPS) is 10.3. The Kier molecular flexibility index (Phi) is 6.97. The highest BCUT2D eigenvalue weighted by Crippen LogP contribution is 2.29. The summed E-state index contributed by atoms with van der Waals surface area (Å²) in [7, 11) is 1.34. The molecule has 7 heteroatoms. The van der Waals surface area contributed by atoms with Crippen LogP contribution in [0.4, 0.5) is 5.69 Å². The summed E-state index contributed by atoms with van der Waals surface area (Å²) in [5, 5.41) is 3.50. The van der Waals surface area contributed by atoms with Crippen molar-refractivity contribution in [1.29, 1.82) is 0 Å². The van der Waals surface area contributed by atoms with E-state index >= 15 is 0 Å². The number of anilines is 1. The first-order valence-electron chi connectivity index (χ1n) is 7.00. The van der Waals surface area contributed by atoms with E-state index in [-0.39, 0.29) is 17.6 Å². The number of esters is 1. The van der Waals surface area contributed by atoms with Crippen molar-refractivity contribution in [2.75, 3.05) is 18.2 Å². The number of hydrogen-bond acceptors (Lipinski definition) is 4.